The molecule has 0 aliphatic rings. The van der Waals surface area contributed by atoms with Crippen LogP contribution in [0.15, 0.2) is 22.7 Å². The largest absolute Gasteiger partial charge is 0.389 e. The van der Waals surface area contributed by atoms with Crippen molar-refractivity contribution in [2.24, 2.45) is 5.73 Å². The Morgan fingerprint density at radius 1 is 1.53 bits per heavy atom. The number of nitrogens with one attached hydrogen (secondary N) is 1. The molecule has 1 rings (SSSR count). The van der Waals surface area contributed by atoms with Gasteiger partial charge in [-0.15, -0.1) is 0 Å². The molecule has 0 radical (unpaired) electrons. The highest BCUT2D eigenvalue weighted by molar-refractivity contribution is 9.10. The smallest absolute Gasteiger partial charge is 0.224 e. The molecule has 0 spiro atoms. The molecule has 4 nitrogen and oxygen atoms in total. The molecule has 19 heavy (non-hydrogen) atoms. The number of anilines is 1. The highest BCUT2D eigenvalue weighted by atomic mass is 79.9. The number of hydrogen-bond acceptors (Lipinski definition) is 3. The molecule has 0 aliphatic heterocycles. The van der Waals surface area contributed by atoms with Crippen LogP contribution in [0.5, 0.6) is 0 Å². The number of amides is 1. The second-order valence-corrected chi connectivity index (χ2v) is 5.26. The van der Waals surface area contributed by atoms with Crippen molar-refractivity contribution in [2.45, 2.75) is 19.8 Å². The minimum absolute atomic E-state index is 0.0699. The summed E-state index contributed by atoms with van der Waals surface area (Å²) in [4.78, 5) is 12.0. The van der Waals surface area contributed by atoms with Crippen LogP contribution in [0.3, 0.4) is 0 Å². The van der Waals surface area contributed by atoms with E-state index in [2.05, 4.69) is 21.2 Å². The molecule has 0 saturated carbocycles. The van der Waals surface area contributed by atoms with Crippen molar-refractivity contribution in [3.63, 3.8) is 0 Å². The number of ether oxygens (including phenoxy) is 1. The Morgan fingerprint density at radius 3 is 2.89 bits per heavy atom. The number of rotatable bonds is 7. The van der Waals surface area contributed by atoms with Crippen LogP contribution in [0.25, 0.3) is 0 Å². The molecule has 1 aromatic rings. The van der Waals surface area contributed by atoms with E-state index in [4.69, 9.17) is 22.7 Å². The van der Waals surface area contributed by atoms with Crippen LogP contribution < -0.4 is 11.1 Å². The molecule has 1 amide bonds. The van der Waals surface area contributed by atoms with Gasteiger partial charge in [-0.2, -0.15) is 0 Å². The summed E-state index contributed by atoms with van der Waals surface area (Å²) >= 11 is 8.32. The van der Waals surface area contributed by atoms with E-state index in [0.29, 0.717) is 37.3 Å². The molecule has 104 valence electrons. The van der Waals surface area contributed by atoms with Crippen LogP contribution in [0, 0.1) is 0 Å². The van der Waals surface area contributed by atoms with Crippen LogP contribution in [0.4, 0.5) is 5.69 Å². The van der Waals surface area contributed by atoms with Gasteiger partial charge in [-0.05, 0) is 31.5 Å². The Morgan fingerprint density at radius 2 is 2.26 bits per heavy atom. The van der Waals surface area contributed by atoms with Gasteiger partial charge in [-0.1, -0.05) is 28.1 Å². The average Bonchev–Trinajstić information content (AvgIpc) is 2.36. The SMILES string of the molecule is CCOCCCC(=O)Nc1ccc(Br)cc1C(N)=S. The van der Waals surface area contributed by atoms with Crippen LogP contribution in [0.1, 0.15) is 25.3 Å². The molecule has 0 aliphatic carbocycles. The van der Waals surface area contributed by atoms with Gasteiger partial charge in [0.05, 0.1) is 5.69 Å². The van der Waals surface area contributed by atoms with Gasteiger partial charge in [0.15, 0.2) is 0 Å². The summed E-state index contributed by atoms with van der Waals surface area (Å²) in [5.74, 6) is -0.0699. The highest BCUT2D eigenvalue weighted by Crippen LogP contribution is 2.21. The van der Waals surface area contributed by atoms with Crippen molar-refractivity contribution in [2.75, 3.05) is 18.5 Å². The number of benzene rings is 1. The normalized spacial score (nSPS) is 10.2. The topological polar surface area (TPSA) is 64.3 Å². The average molecular weight is 345 g/mol. The van der Waals surface area contributed by atoms with Gasteiger partial charge in [-0.3, -0.25) is 4.79 Å². The standard InChI is InChI=1S/C13H17BrN2O2S/c1-2-18-7-3-4-12(17)16-11-6-5-9(14)8-10(11)13(15)19/h5-6,8H,2-4,7H2,1H3,(H2,15,19)(H,16,17). The lowest BCUT2D eigenvalue weighted by Crippen LogP contribution is -2.17. The molecular weight excluding hydrogens is 328 g/mol. The van der Waals surface area contributed by atoms with E-state index in [-0.39, 0.29) is 10.9 Å². The van der Waals surface area contributed by atoms with E-state index in [9.17, 15) is 4.79 Å². The van der Waals surface area contributed by atoms with E-state index in [1.807, 2.05) is 13.0 Å². The van der Waals surface area contributed by atoms with Gasteiger partial charge >= 0.3 is 0 Å². The maximum Gasteiger partial charge on any atom is 0.224 e. The fourth-order valence-corrected chi connectivity index (χ4v) is 2.05. The van der Waals surface area contributed by atoms with E-state index < -0.39 is 0 Å². The second kappa shape index (κ2) is 8.24. The van der Waals surface area contributed by atoms with E-state index in [1.54, 1.807) is 12.1 Å². The predicted octanol–water partition coefficient (Wildman–Crippen LogP) is 2.84. The molecule has 0 aromatic heterocycles. The monoisotopic (exact) mass is 344 g/mol. The summed E-state index contributed by atoms with van der Waals surface area (Å²) in [7, 11) is 0. The molecule has 0 unspecified atom stereocenters. The van der Waals surface area contributed by atoms with E-state index >= 15 is 0 Å². The Balaban J connectivity index is 2.61. The first-order valence-corrected chi connectivity index (χ1v) is 7.21. The Labute approximate surface area is 126 Å². The lowest BCUT2D eigenvalue weighted by molar-refractivity contribution is -0.116. The zero-order chi connectivity index (χ0) is 14.3. The van der Waals surface area contributed by atoms with Crippen molar-refractivity contribution >= 4 is 44.7 Å². The van der Waals surface area contributed by atoms with Crippen LogP contribution in [-0.4, -0.2) is 24.1 Å². The summed E-state index contributed by atoms with van der Waals surface area (Å²) in [6.07, 6.45) is 1.10. The molecule has 0 fully saturated rings. The Kier molecular flexibility index (Phi) is 6.97. The van der Waals surface area contributed by atoms with Crippen molar-refractivity contribution in [3.8, 4) is 0 Å². The molecule has 1 aromatic carbocycles. The first-order valence-electron chi connectivity index (χ1n) is 6.01. The van der Waals surface area contributed by atoms with Gasteiger partial charge < -0.3 is 15.8 Å². The van der Waals surface area contributed by atoms with Crippen molar-refractivity contribution in [3.05, 3.63) is 28.2 Å². The third-order valence-corrected chi connectivity index (χ3v) is 3.13. The highest BCUT2D eigenvalue weighted by Gasteiger charge is 2.09. The quantitative estimate of drug-likeness (QED) is 0.589. The molecule has 0 heterocycles. The Bertz CT molecular complexity index is 466. The van der Waals surface area contributed by atoms with Crippen LogP contribution in [0.2, 0.25) is 0 Å². The fourth-order valence-electron chi connectivity index (χ4n) is 1.52. The van der Waals surface area contributed by atoms with Crippen molar-refractivity contribution < 1.29 is 9.53 Å². The van der Waals surface area contributed by atoms with Gasteiger partial charge in [0, 0.05) is 29.7 Å². The van der Waals surface area contributed by atoms with Gasteiger partial charge in [-0.25, -0.2) is 0 Å². The number of nitrogens with two attached hydrogens (primary N) is 1. The first-order chi connectivity index (χ1) is 9.04. The van der Waals surface area contributed by atoms with Gasteiger partial charge in [0.1, 0.15) is 4.99 Å². The molecule has 3 N–H and O–H groups in total. The third-order valence-electron chi connectivity index (χ3n) is 2.42. The minimum atomic E-state index is -0.0699. The first kappa shape index (κ1) is 16.1. The number of halogens is 1. The van der Waals surface area contributed by atoms with Gasteiger partial charge in [0.25, 0.3) is 0 Å². The van der Waals surface area contributed by atoms with E-state index in [1.165, 1.54) is 0 Å². The summed E-state index contributed by atoms with van der Waals surface area (Å²) in [5.41, 5.74) is 6.93. The molecular formula is C13H17BrN2O2S. The van der Waals surface area contributed by atoms with Crippen LogP contribution in [-0.2, 0) is 9.53 Å². The fraction of sp³-hybridized carbons (Fsp3) is 0.385. The minimum Gasteiger partial charge on any atom is -0.389 e. The summed E-state index contributed by atoms with van der Waals surface area (Å²) in [6, 6.07) is 5.40. The number of carbonyl (C=O) groups excluding carboxylic acids is 1. The molecule has 0 saturated heterocycles. The number of thiocarbonyl (C=S) groups is 1. The summed E-state index contributed by atoms with van der Waals surface area (Å²) in [5, 5.41) is 2.81. The van der Waals surface area contributed by atoms with E-state index in [0.717, 1.165) is 4.47 Å². The lowest BCUT2D eigenvalue weighted by atomic mass is 10.1. The van der Waals surface area contributed by atoms with Crippen LogP contribution >= 0.6 is 28.1 Å². The summed E-state index contributed by atoms with van der Waals surface area (Å²) < 4.78 is 6.05. The number of carbonyl (C=O) groups is 1. The summed E-state index contributed by atoms with van der Waals surface area (Å²) in [6.45, 7) is 3.18. The second-order valence-electron chi connectivity index (χ2n) is 3.90. The molecule has 0 atom stereocenters. The number of hydrogen-bond donors (Lipinski definition) is 2. The predicted molar refractivity (Wildman–Crippen MR) is 84.4 cm³/mol. The maximum absolute atomic E-state index is 11.8. The lowest BCUT2D eigenvalue weighted by Gasteiger charge is -2.10. The van der Waals surface area contributed by atoms with Crippen molar-refractivity contribution in [1.29, 1.82) is 0 Å². The van der Waals surface area contributed by atoms with Crippen molar-refractivity contribution in [1.82, 2.24) is 0 Å². The third kappa shape index (κ3) is 5.67. The Hall–Kier alpha value is -0.980. The van der Waals surface area contributed by atoms with Gasteiger partial charge in [0.2, 0.25) is 5.91 Å². The zero-order valence-corrected chi connectivity index (χ0v) is 13.1. The zero-order valence-electron chi connectivity index (χ0n) is 10.7. The molecule has 0 bridgehead atoms. The molecule has 6 heteroatoms. The maximum atomic E-state index is 11.8.